The molecule has 0 saturated carbocycles. The van der Waals surface area contributed by atoms with Gasteiger partial charge in [0.05, 0.1) is 0 Å². The zero-order chi connectivity index (χ0) is 26.0. The van der Waals surface area contributed by atoms with Crippen LogP contribution in [0, 0.1) is 5.82 Å². The first kappa shape index (κ1) is 26.1. The van der Waals surface area contributed by atoms with Crippen molar-refractivity contribution in [1.82, 2.24) is 10.2 Å². The predicted octanol–water partition coefficient (Wildman–Crippen LogP) is 6.50. The summed E-state index contributed by atoms with van der Waals surface area (Å²) in [6.07, 6.45) is 0.784. The number of halogens is 2. The highest BCUT2D eigenvalue weighted by Gasteiger charge is 2.31. The molecule has 0 bridgehead atoms. The van der Waals surface area contributed by atoms with Crippen LogP contribution in [0.2, 0.25) is 5.02 Å². The number of aryl methyl sites for hydroxylation is 1. The number of carbonyl (C=O) groups is 2. The normalized spacial score (nSPS) is 11.5. The molecule has 0 radical (unpaired) electrons. The van der Waals surface area contributed by atoms with Crippen LogP contribution in [-0.2, 0) is 29.1 Å². The van der Waals surface area contributed by atoms with E-state index in [0.717, 1.165) is 16.7 Å². The summed E-state index contributed by atoms with van der Waals surface area (Å²) in [5.74, 6) is -0.814. The van der Waals surface area contributed by atoms with Gasteiger partial charge in [-0.05, 0) is 52.9 Å². The van der Waals surface area contributed by atoms with E-state index in [1.165, 1.54) is 12.1 Å². The van der Waals surface area contributed by atoms with Crippen LogP contribution in [-0.4, -0.2) is 16.7 Å². The SMILES string of the molecule is O=C(NCc1ccc(Cl)cc1)[C@@H](c1ccccc1)N(Cc1ccc(F)cc1)C(=O)CCc1ccccc1. The van der Waals surface area contributed by atoms with Crippen molar-refractivity contribution in [3.63, 3.8) is 0 Å². The molecule has 6 heteroatoms. The smallest absolute Gasteiger partial charge is 0.247 e. The number of hydrogen-bond donors (Lipinski definition) is 1. The zero-order valence-electron chi connectivity index (χ0n) is 20.3. The third kappa shape index (κ3) is 7.51. The van der Waals surface area contributed by atoms with Gasteiger partial charge in [-0.3, -0.25) is 9.59 Å². The quantitative estimate of drug-likeness (QED) is 0.263. The van der Waals surface area contributed by atoms with Gasteiger partial charge in [-0.2, -0.15) is 0 Å². The van der Waals surface area contributed by atoms with Crippen LogP contribution < -0.4 is 5.32 Å². The second-order valence-electron chi connectivity index (χ2n) is 8.79. The van der Waals surface area contributed by atoms with E-state index in [0.29, 0.717) is 23.6 Å². The van der Waals surface area contributed by atoms with E-state index in [1.807, 2.05) is 72.8 Å². The lowest BCUT2D eigenvalue weighted by Crippen LogP contribution is -2.43. The van der Waals surface area contributed by atoms with E-state index in [-0.39, 0.29) is 30.6 Å². The van der Waals surface area contributed by atoms with Gasteiger partial charge in [0.2, 0.25) is 11.8 Å². The Hall–Kier alpha value is -3.96. The van der Waals surface area contributed by atoms with Crippen LogP contribution in [0.4, 0.5) is 4.39 Å². The highest BCUT2D eigenvalue weighted by atomic mass is 35.5. The zero-order valence-corrected chi connectivity index (χ0v) is 21.1. The van der Waals surface area contributed by atoms with Crippen molar-refractivity contribution in [3.8, 4) is 0 Å². The molecule has 4 aromatic rings. The van der Waals surface area contributed by atoms with Gasteiger partial charge in [-0.15, -0.1) is 0 Å². The van der Waals surface area contributed by atoms with Gasteiger partial charge in [0.25, 0.3) is 0 Å². The third-order valence-electron chi connectivity index (χ3n) is 6.11. The summed E-state index contributed by atoms with van der Waals surface area (Å²) in [4.78, 5) is 28.9. The van der Waals surface area contributed by atoms with Crippen molar-refractivity contribution in [1.29, 1.82) is 0 Å². The van der Waals surface area contributed by atoms with Crippen LogP contribution in [0.3, 0.4) is 0 Å². The summed E-state index contributed by atoms with van der Waals surface area (Å²) in [6.45, 7) is 0.462. The van der Waals surface area contributed by atoms with E-state index in [2.05, 4.69) is 5.32 Å². The minimum absolute atomic E-state index is 0.163. The van der Waals surface area contributed by atoms with Gasteiger partial charge in [0.1, 0.15) is 11.9 Å². The van der Waals surface area contributed by atoms with Gasteiger partial charge >= 0.3 is 0 Å². The molecule has 0 spiro atoms. The Kier molecular flexibility index (Phi) is 9.06. The molecule has 0 saturated heterocycles. The molecule has 1 N–H and O–H groups in total. The Labute approximate surface area is 221 Å². The van der Waals surface area contributed by atoms with Gasteiger partial charge in [-0.1, -0.05) is 96.5 Å². The van der Waals surface area contributed by atoms with Crippen LogP contribution in [0.25, 0.3) is 0 Å². The lowest BCUT2D eigenvalue weighted by Gasteiger charge is -2.32. The second-order valence-corrected chi connectivity index (χ2v) is 9.23. The average molecular weight is 515 g/mol. The second kappa shape index (κ2) is 12.8. The molecular weight excluding hydrogens is 487 g/mol. The molecule has 4 rings (SSSR count). The van der Waals surface area contributed by atoms with Crippen molar-refractivity contribution in [3.05, 3.63) is 142 Å². The molecule has 2 amide bonds. The van der Waals surface area contributed by atoms with E-state index in [9.17, 15) is 14.0 Å². The summed E-state index contributed by atoms with van der Waals surface area (Å²) in [5.41, 5.74) is 3.37. The van der Waals surface area contributed by atoms with Gasteiger partial charge in [0, 0.05) is 24.5 Å². The lowest BCUT2D eigenvalue weighted by atomic mass is 10.0. The van der Waals surface area contributed by atoms with Crippen LogP contribution in [0.15, 0.2) is 109 Å². The first-order valence-electron chi connectivity index (χ1n) is 12.1. The Morgan fingerprint density at radius 1 is 0.757 bits per heavy atom. The maximum Gasteiger partial charge on any atom is 0.247 e. The number of carbonyl (C=O) groups excluding carboxylic acids is 2. The monoisotopic (exact) mass is 514 g/mol. The Bertz CT molecular complexity index is 1300. The molecule has 37 heavy (non-hydrogen) atoms. The maximum atomic E-state index is 13.7. The van der Waals surface area contributed by atoms with Gasteiger partial charge in [-0.25, -0.2) is 4.39 Å². The largest absolute Gasteiger partial charge is 0.350 e. The Morgan fingerprint density at radius 2 is 1.35 bits per heavy atom. The molecule has 0 aliphatic carbocycles. The molecule has 0 unspecified atom stereocenters. The minimum atomic E-state index is -0.859. The minimum Gasteiger partial charge on any atom is -0.350 e. The first-order valence-corrected chi connectivity index (χ1v) is 12.5. The fraction of sp³-hybridized carbons (Fsp3) is 0.161. The number of nitrogens with one attached hydrogen (secondary N) is 1. The molecule has 0 aliphatic rings. The Morgan fingerprint density at radius 3 is 2.00 bits per heavy atom. The molecule has 0 aromatic heterocycles. The number of rotatable bonds is 10. The molecule has 188 valence electrons. The first-order chi connectivity index (χ1) is 18.0. The predicted molar refractivity (Wildman–Crippen MR) is 144 cm³/mol. The van der Waals surface area contributed by atoms with Crippen molar-refractivity contribution in [2.24, 2.45) is 0 Å². The topological polar surface area (TPSA) is 49.4 Å². The highest BCUT2D eigenvalue weighted by Crippen LogP contribution is 2.25. The number of benzene rings is 4. The molecule has 0 fully saturated rings. The number of nitrogens with zero attached hydrogens (tertiary/aromatic N) is 1. The molecule has 0 heterocycles. The molecule has 0 aliphatic heterocycles. The standard InChI is InChI=1S/C31H28ClFN2O2/c32-27-16-11-24(12-17-27)21-34-31(37)30(26-9-5-2-6-10-26)35(22-25-13-18-28(33)19-14-25)29(36)20-15-23-7-3-1-4-8-23/h1-14,16-19,30H,15,20-22H2,(H,34,37)/t30-/m1/s1. The highest BCUT2D eigenvalue weighted by molar-refractivity contribution is 6.30. The average Bonchev–Trinajstić information content (AvgIpc) is 2.93. The van der Waals surface area contributed by atoms with Crippen LogP contribution in [0.1, 0.15) is 34.7 Å². The third-order valence-corrected chi connectivity index (χ3v) is 6.36. The fourth-order valence-electron chi connectivity index (χ4n) is 4.15. The van der Waals surface area contributed by atoms with E-state index < -0.39 is 6.04 Å². The van der Waals surface area contributed by atoms with Crippen molar-refractivity contribution >= 4 is 23.4 Å². The maximum absolute atomic E-state index is 13.7. The molecular formula is C31H28ClFN2O2. The van der Waals surface area contributed by atoms with E-state index >= 15 is 0 Å². The van der Waals surface area contributed by atoms with Crippen LogP contribution >= 0.6 is 11.6 Å². The van der Waals surface area contributed by atoms with Crippen molar-refractivity contribution < 1.29 is 14.0 Å². The van der Waals surface area contributed by atoms with E-state index in [4.69, 9.17) is 11.6 Å². The summed E-state index contributed by atoms with van der Waals surface area (Å²) < 4.78 is 13.6. The van der Waals surface area contributed by atoms with Gasteiger partial charge in [0.15, 0.2) is 0 Å². The molecule has 4 aromatic carbocycles. The molecule has 1 atom stereocenters. The Balaban J connectivity index is 1.62. The van der Waals surface area contributed by atoms with Crippen LogP contribution in [0.5, 0.6) is 0 Å². The summed E-state index contributed by atoms with van der Waals surface area (Å²) >= 11 is 5.99. The molecule has 4 nitrogen and oxygen atoms in total. The fourth-order valence-corrected chi connectivity index (χ4v) is 4.27. The van der Waals surface area contributed by atoms with Crippen molar-refractivity contribution in [2.45, 2.75) is 32.0 Å². The van der Waals surface area contributed by atoms with Crippen molar-refractivity contribution in [2.75, 3.05) is 0 Å². The summed E-state index contributed by atoms with van der Waals surface area (Å²) in [5, 5.41) is 3.60. The van der Waals surface area contributed by atoms with Gasteiger partial charge < -0.3 is 10.2 Å². The van der Waals surface area contributed by atoms with E-state index in [1.54, 1.807) is 29.2 Å². The number of amides is 2. The summed E-state index contributed by atoms with van der Waals surface area (Å²) in [6, 6.07) is 31.4. The summed E-state index contributed by atoms with van der Waals surface area (Å²) in [7, 11) is 0. The number of hydrogen-bond acceptors (Lipinski definition) is 2. The lowest BCUT2D eigenvalue weighted by molar-refractivity contribution is -0.141.